The quantitative estimate of drug-likeness (QED) is 0.892. The number of amides is 1. The van der Waals surface area contributed by atoms with Gasteiger partial charge >= 0.3 is 0 Å². The highest BCUT2D eigenvalue weighted by atomic mass is 16.1. The summed E-state index contributed by atoms with van der Waals surface area (Å²) < 4.78 is 1.65. The fourth-order valence-corrected chi connectivity index (χ4v) is 1.52. The number of nitrogens with zero attached hydrogens (tertiary/aromatic N) is 3. The van der Waals surface area contributed by atoms with Gasteiger partial charge in [0.1, 0.15) is 12.7 Å². The van der Waals surface area contributed by atoms with E-state index in [4.69, 9.17) is 0 Å². The molecule has 0 fully saturated rings. The van der Waals surface area contributed by atoms with E-state index in [1.54, 1.807) is 23.1 Å². The van der Waals surface area contributed by atoms with Gasteiger partial charge in [0.2, 0.25) is 0 Å². The zero-order chi connectivity index (χ0) is 13.0. The molecule has 1 N–H and O–H groups in total. The molecule has 1 atom stereocenters. The van der Waals surface area contributed by atoms with Gasteiger partial charge in [0.25, 0.3) is 5.91 Å². The van der Waals surface area contributed by atoms with Crippen molar-refractivity contribution in [3.05, 3.63) is 42.5 Å². The lowest BCUT2D eigenvalue weighted by molar-refractivity contribution is 0.0939. The van der Waals surface area contributed by atoms with Crippen LogP contribution in [0.3, 0.4) is 0 Å². The first-order valence-electron chi connectivity index (χ1n) is 5.96. The Morgan fingerprint density at radius 2 is 2.11 bits per heavy atom. The van der Waals surface area contributed by atoms with Crippen LogP contribution in [-0.4, -0.2) is 26.7 Å². The van der Waals surface area contributed by atoms with Crippen molar-refractivity contribution < 1.29 is 4.79 Å². The van der Waals surface area contributed by atoms with Gasteiger partial charge in [-0.1, -0.05) is 6.92 Å². The Balaban J connectivity index is 2.10. The van der Waals surface area contributed by atoms with Crippen LogP contribution in [0.25, 0.3) is 5.69 Å². The maximum Gasteiger partial charge on any atom is 0.251 e. The topological polar surface area (TPSA) is 59.8 Å². The summed E-state index contributed by atoms with van der Waals surface area (Å²) in [4.78, 5) is 15.7. The van der Waals surface area contributed by atoms with Gasteiger partial charge in [-0.15, -0.1) is 0 Å². The maximum atomic E-state index is 11.9. The van der Waals surface area contributed by atoms with E-state index in [0.717, 1.165) is 12.1 Å². The van der Waals surface area contributed by atoms with Crippen molar-refractivity contribution >= 4 is 5.91 Å². The number of nitrogens with one attached hydrogen (secondary N) is 1. The average molecular weight is 244 g/mol. The smallest absolute Gasteiger partial charge is 0.251 e. The highest BCUT2D eigenvalue weighted by molar-refractivity contribution is 5.94. The first-order chi connectivity index (χ1) is 8.70. The second kappa shape index (κ2) is 5.44. The van der Waals surface area contributed by atoms with Gasteiger partial charge in [-0.25, -0.2) is 9.67 Å². The van der Waals surface area contributed by atoms with Gasteiger partial charge in [0.05, 0.1) is 5.69 Å². The molecule has 1 aromatic heterocycles. The van der Waals surface area contributed by atoms with E-state index in [2.05, 4.69) is 15.4 Å². The Morgan fingerprint density at radius 1 is 1.39 bits per heavy atom. The van der Waals surface area contributed by atoms with Gasteiger partial charge < -0.3 is 5.32 Å². The minimum absolute atomic E-state index is 0.0468. The van der Waals surface area contributed by atoms with Crippen LogP contribution >= 0.6 is 0 Å². The highest BCUT2D eigenvalue weighted by Gasteiger charge is 2.08. The molecule has 0 aliphatic rings. The van der Waals surface area contributed by atoms with Crippen LogP contribution in [0.2, 0.25) is 0 Å². The predicted octanol–water partition coefficient (Wildman–Crippen LogP) is 1.80. The van der Waals surface area contributed by atoms with Crippen molar-refractivity contribution in [2.75, 3.05) is 0 Å². The largest absolute Gasteiger partial charge is 0.350 e. The Bertz CT molecular complexity index is 504. The van der Waals surface area contributed by atoms with Crippen LogP contribution in [0.1, 0.15) is 30.6 Å². The predicted molar refractivity (Wildman–Crippen MR) is 68.6 cm³/mol. The van der Waals surface area contributed by atoms with E-state index in [1.807, 2.05) is 26.0 Å². The van der Waals surface area contributed by atoms with Crippen LogP contribution in [0, 0.1) is 0 Å². The lowest BCUT2D eigenvalue weighted by atomic mass is 10.1. The number of benzene rings is 1. The van der Waals surface area contributed by atoms with E-state index in [1.165, 1.54) is 6.33 Å². The molecule has 2 aromatic rings. The number of rotatable bonds is 4. The van der Waals surface area contributed by atoms with Crippen molar-refractivity contribution in [2.45, 2.75) is 26.3 Å². The molecule has 5 nitrogen and oxygen atoms in total. The van der Waals surface area contributed by atoms with Gasteiger partial charge in [-0.05, 0) is 37.6 Å². The Morgan fingerprint density at radius 3 is 2.67 bits per heavy atom. The molecule has 0 radical (unpaired) electrons. The minimum Gasteiger partial charge on any atom is -0.350 e. The standard InChI is InChI=1S/C13H16N4O/c1-3-10(2)16-13(18)11-4-6-12(7-5-11)17-9-14-8-15-17/h4-10H,3H2,1-2H3,(H,16,18). The third kappa shape index (κ3) is 2.74. The van der Waals surface area contributed by atoms with Crippen molar-refractivity contribution in [3.63, 3.8) is 0 Å². The fourth-order valence-electron chi connectivity index (χ4n) is 1.52. The normalized spacial score (nSPS) is 12.1. The molecule has 0 bridgehead atoms. The van der Waals surface area contributed by atoms with Crippen LogP contribution in [0.4, 0.5) is 0 Å². The average Bonchev–Trinajstić information content (AvgIpc) is 2.92. The van der Waals surface area contributed by atoms with Gasteiger partial charge in [0, 0.05) is 11.6 Å². The third-order valence-electron chi connectivity index (χ3n) is 2.80. The second-order valence-electron chi connectivity index (χ2n) is 4.17. The van der Waals surface area contributed by atoms with Crippen molar-refractivity contribution in [2.24, 2.45) is 0 Å². The number of carbonyl (C=O) groups is 1. The van der Waals surface area contributed by atoms with Gasteiger partial charge in [-0.2, -0.15) is 5.10 Å². The molecule has 0 aliphatic carbocycles. The number of hydrogen-bond acceptors (Lipinski definition) is 3. The van der Waals surface area contributed by atoms with Crippen LogP contribution in [-0.2, 0) is 0 Å². The minimum atomic E-state index is -0.0468. The number of hydrogen-bond donors (Lipinski definition) is 1. The summed E-state index contributed by atoms with van der Waals surface area (Å²) in [5.74, 6) is -0.0468. The zero-order valence-electron chi connectivity index (χ0n) is 10.5. The molecule has 18 heavy (non-hydrogen) atoms. The lowest BCUT2D eigenvalue weighted by Crippen LogP contribution is -2.31. The highest BCUT2D eigenvalue weighted by Crippen LogP contribution is 2.08. The molecule has 0 spiro atoms. The Kier molecular flexibility index (Phi) is 3.72. The van der Waals surface area contributed by atoms with Crippen LogP contribution < -0.4 is 5.32 Å². The fraction of sp³-hybridized carbons (Fsp3) is 0.308. The van der Waals surface area contributed by atoms with Crippen molar-refractivity contribution in [1.29, 1.82) is 0 Å². The molecule has 1 heterocycles. The van der Waals surface area contributed by atoms with Crippen LogP contribution in [0.5, 0.6) is 0 Å². The summed E-state index contributed by atoms with van der Waals surface area (Å²) >= 11 is 0. The zero-order valence-corrected chi connectivity index (χ0v) is 10.5. The molecule has 2 rings (SSSR count). The molecule has 1 unspecified atom stereocenters. The monoisotopic (exact) mass is 244 g/mol. The third-order valence-corrected chi connectivity index (χ3v) is 2.80. The van der Waals surface area contributed by atoms with Crippen molar-refractivity contribution in [1.82, 2.24) is 20.1 Å². The molecule has 1 amide bonds. The molecular weight excluding hydrogens is 228 g/mol. The van der Waals surface area contributed by atoms with E-state index >= 15 is 0 Å². The molecule has 0 saturated carbocycles. The lowest BCUT2D eigenvalue weighted by Gasteiger charge is -2.11. The number of carbonyl (C=O) groups excluding carboxylic acids is 1. The molecule has 1 aromatic carbocycles. The summed E-state index contributed by atoms with van der Waals surface area (Å²) in [6.07, 6.45) is 4.01. The molecule has 94 valence electrons. The first kappa shape index (κ1) is 12.3. The van der Waals surface area contributed by atoms with E-state index in [-0.39, 0.29) is 11.9 Å². The van der Waals surface area contributed by atoms with Crippen LogP contribution in [0.15, 0.2) is 36.9 Å². The van der Waals surface area contributed by atoms with Gasteiger partial charge in [-0.3, -0.25) is 4.79 Å². The second-order valence-corrected chi connectivity index (χ2v) is 4.17. The van der Waals surface area contributed by atoms with Gasteiger partial charge in [0.15, 0.2) is 0 Å². The van der Waals surface area contributed by atoms with Crippen molar-refractivity contribution in [3.8, 4) is 5.69 Å². The summed E-state index contributed by atoms with van der Waals surface area (Å²) in [5, 5.41) is 6.95. The van der Waals surface area contributed by atoms with E-state index in [9.17, 15) is 4.79 Å². The Hall–Kier alpha value is -2.17. The SMILES string of the molecule is CCC(C)NC(=O)c1ccc(-n2cncn2)cc1. The van der Waals surface area contributed by atoms with E-state index in [0.29, 0.717) is 5.56 Å². The summed E-state index contributed by atoms with van der Waals surface area (Å²) in [6, 6.07) is 7.46. The molecule has 0 aliphatic heterocycles. The summed E-state index contributed by atoms with van der Waals surface area (Å²) in [5.41, 5.74) is 1.53. The van der Waals surface area contributed by atoms with E-state index < -0.39 is 0 Å². The maximum absolute atomic E-state index is 11.9. The molecular formula is C13H16N4O. The molecule has 0 saturated heterocycles. The first-order valence-corrected chi connectivity index (χ1v) is 5.96. The number of aromatic nitrogens is 3. The summed E-state index contributed by atoms with van der Waals surface area (Å²) in [6.45, 7) is 4.03. The molecule has 5 heteroatoms. The Labute approximate surface area is 106 Å². The summed E-state index contributed by atoms with van der Waals surface area (Å²) in [7, 11) is 0.